The van der Waals surface area contributed by atoms with Crippen molar-refractivity contribution in [3.63, 3.8) is 0 Å². The lowest BCUT2D eigenvalue weighted by Crippen LogP contribution is -2.34. The van der Waals surface area contributed by atoms with Crippen LogP contribution in [0.4, 0.5) is 0 Å². The monoisotopic (exact) mass is 410 g/mol. The number of carbonyl (C=O) groups is 1. The Morgan fingerprint density at radius 1 is 1.28 bits per heavy atom. The van der Waals surface area contributed by atoms with Gasteiger partial charge in [-0.15, -0.1) is 16.4 Å². The number of benzene rings is 1. The lowest BCUT2D eigenvalue weighted by atomic mass is 9.72. The summed E-state index contributed by atoms with van der Waals surface area (Å²) >= 11 is 1.58. The molecule has 1 N–H and O–H groups in total. The number of fused-ring (bicyclic) bond motifs is 3. The Bertz CT molecular complexity index is 1100. The van der Waals surface area contributed by atoms with Crippen LogP contribution in [0, 0.1) is 11.3 Å². The highest BCUT2D eigenvalue weighted by atomic mass is 32.1. The van der Waals surface area contributed by atoms with Crippen LogP contribution in [0.5, 0.6) is 0 Å². The van der Waals surface area contributed by atoms with Crippen LogP contribution in [-0.4, -0.2) is 20.9 Å². The molecule has 3 aromatic rings. The van der Waals surface area contributed by atoms with E-state index in [-0.39, 0.29) is 23.4 Å². The molecular weight excluding hydrogens is 384 g/mol. The van der Waals surface area contributed by atoms with E-state index in [1.807, 2.05) is 30.3 Å². The number of carbonyl (C=O) groups excluding carboxylic acids is 1. The summed E-state index contributed by atoms with van der Waals surface area (Å²) in [4.78, 5) is 27.3. The zero-order valence-corrected chi connectivity index (χ0v) is 17.9. The van der Waals surface area contributed by atoms with E-state index in [0.717, 1.165) is 30.4 Å². The van der Waals surface area contributed by atoms with Crippen molar-refractivity contribution in [3.8, 4) is 0 Å². The van der Waals surface area contributed by atoms with E-state index in [4.69, 9.17) is 0 Å². The van der Waals surface area contributed by atoms with Crippen LogP contribution in [0.3, 0.4) is 0 Å². The Hall–Kier alpha value is -2.54. The molecule has 2 heterocycles. The molecular formula is C22H26N4O2S. The molecule has 1 atom stereocenters. The van der Waals surface area contributed by atoms with Gasteiger partial charge in [0.1, 0.15) is 6.54 Å². The first-order chi connectivity index (χ1) is 13.8. The summed E-state index contributed by atoms with van der Waals surface area (Å²) in [7, 11) is 0. The van der Waals surface area contributed by atoms with Gasteiger partial charge in [0.25, 0.3) is 5.56 Å². The third kappa shape index (κ3) is 4.10. The number of amides is 1. The standard InChI is InChI=1S/C22H26N4O2S/c1-22(2,3)15-9-10-16-17(11-15)29-20-19(16)21(28)26(25-24-20)13-18(27)23-12-14-7-5-4-6-8-14/h4-8,15H,9-13H2,1-3H3,(H,23,27)/t15-/m1/s1. The van der Waals surface area contributed by atoms with Gasteiger partial charge in [0.05, 0.1) is 5.39 Å². The molecule has 0 aliphatic heterocycles. The van der Waals surface area contributed by atoms with Gasteiger partial charge in [-0.2, -0.15) is 0 Å². The normalized spacial score (nSPS) is 16.6. The second-order valence-electron chi connectivity index (χ2n) is 8.80. The average Bonchev–Trinajstić information content (AvgIpc) is 3.07. The Kier molecular flexibility index (Phi) is 5.25. The van der Waals surface area contributed by atoms with Crippen LogP contribution >= 0.6 is 11.3 Å². The minimum absolute atomic E-state index is 0.121. The van der Waals surface area contributed by atoms with Crippen LogP contribution in [-0.2, 0) is 30.7 Å². The summed E-state index contributed by atoms with van der Waals surface area (Å²) in [5.74, 6) is 0.350. The molecule has 0 spiro atoms. The summed E-state index contributed by atoms with van der Waals surface area (Å²) in [6.45, 7) is 7.13. The van der Waals surface area contributed by atoms with E-state index < -0.39 is 0 Å². The highest BCUT2D eigenvalue weighted by molar-refractivity contribution is 7.18. The van der Waals surface area contributed by atoms with E-state index in [2.05, 4.69) is 36.4 Å². The highest BCUT2D eigenvalue weighted by Gasteiger charge is 2.32. The fourth-order valence-electron chi connectivity index (χ4n) is 3.96. The van der Waals surface area contributed by atoms with Crippen molar-refractivity contribution in [2.24, 2.45) is 11.3 Å². The number of nitrogens with zero attached hydrogens (tertiary/aromatic N) is 3. The van der Waals surface area contributed by atoms with E-state index in [0.29, 0.717) is 22.7 Å². The molecule has 0 saturated carbocycles. The molecule has 4 rings (SSSR count). The Morgan fingerprint density at radius 2 is 2.03 bits per heavy atom. The molecule has 0 unspecified atom stereocenters. The molecule has 0 saturated heterocycles. The van der Waals surface area contributed by atoms with Crippen molar-refractivity contribution >= 4 is 27.5 Å². The molecule has 0 radical (unpaired) electrons. The second kappa shape index (κ2) is 7.71. The highest BCUT2D eigenvalue weighted by Crippen LogP contribution is 2.41. The van der Waals surface area contributed by atoms with Gasteiger partial charge in [0, 0.05) is 11.4 Å². The minimum Gasteiger partial charge on any atom is -0.350 e. The van der Waals surface area contributed by atoms with Gasteiger partial charge in [-0.05, 0) is 41.7 Å². The number of hydrogen-bond acceptors (Lipinski definition) is 5. The molecule has 7 heteroatoms. The van der Waals surface area contributed by atoms with E-state index in [1.54, 1.807) is 11.3 Å². The lowest BCUT2D eigenvalue weighted by Gasteiger charge is -2.33. The fraction of sp³-hybridized carbons (Fsp3) is 0.455. The predicted molar refractivity (Wildman–Crippen MR) is 115 cm³/mol. The lowest BCUT2D eigenvalue weighted by molar-refractivity contribution is -0.122. The van der Waals surface area contributed by atoms with Crippen molar-refractivity contribution in [2.75, 3.05) is 0 Å². The van der Waals surface area contributed by atoms with E-state index in [1.165, 1.54) is 9.56 Å². The largest absolute Gasteiger partial charge is 0.350 e. The second-order valence-corrected chi connectivity index (χ2v) is 9.89. The van der Waals surface area contributed by atoms with Gasteiger partial charge in [0.2, 0.25) is 5.91 Å². The molecule has 2 aromatic heterocycles. The van der Waals surface area contributed by atoms with Crippen LogP contribution in [0.25, 0.3) is 10.2 Å². The van der Waals surface area contributed by atoms with Gasteiger partial charge in [-0.3, -0.25) is 9.59 Å². The van der Waals surface area contributed by atoms with Gasteiger partial charge >= 0.3 is 0 Å². The summed E-state index contributed by atoms with van der Waals surface area (Å²) in [6, 6.07) is 9.67. The van der Waals surface area contributed by atoms with E-state index >= 15 is 0 Å². The van der Waals surface area contributed by atoms with E-state index in [9.17, 15) is 9.59 Å². The van der Waals surface area contributed by atoms with Crippen molar-refractivity contribution in [1.29, 1.82) is 0 Å². The number of hydrogen-bond donors (Lipinski definition) is 1. The first kappa shape index (κ1) is 19.8. The molecule has 1 aliphatic rings. The molecule has 6 nitrogen and oxygen atoms in total. The number of thiophene rings is 1. The Labute approximate surface area is 173 Å². The topological polar surface area (TPSA) is 76.9 Å². The number of nitrogens with one attached hydrogen (secondary N) is 1. The molecule has 152 valence electrons. The summed E-state index contributed by atoms with van der Waals surface area (Å²) < 4.78 is 1.19. The zero-order chi connectivity index (χ0) is 20.6. The van der Waals surface area contributed by atoms with Crippen molar-refractivity contribution < 1.29 is 4.79 Å². The van der Waals surface area contributed by atoms with Crippen LogP contribution in [0.15, 0.2) is 35.1 Å². The van der Waals surface area contributed by atoms with Crippen molar-refractivity contribution in [2.45, 2.75) is 53.1 Å². The van der Waals surface area contributed by atoms with Crippen LogP contribution in [0.1, 0.15) is 43.2 Å². The summed E-state index contributed by atoms with van der Waals surface area (Å²) in [5.41, 5.74) is 2.16. The third-order valence-corrected chi connectivity index (χ3v) is 6.93. The van der Waals surface area contributed by atoms with Gasteiger partial charge in [-0.1, -0.05) is 56.3 Å². The maximum atomic E-state index is 13.0. The number of rotatable bonds is 4. The molecule has 1 aliphatic carbocycles. The van der Waals surface area contributed by atoms with Gasteiger partial charge in [-0.25, -0.2) is 4.68 Å². The summed E-state index contributed by atoms with van der Waals surface area (Å²) in [6.07, 6.45) is 2.94. The van der Waals surface area contributed by atoms with Gasteiger partial charge < -0.3 is 5.32 Å². The van der Waals surface area contributed by atoms with Gasteiger partial charge in [0.15, 0.2) is 4.83 Å². The molecule has 1 aromatic carbocycles. The first-order valence-electron chi connectivity index (χ1n) is 10.0. The average molecular weight is 411 g/mol. The van der Waals surface area contributed by atoms with Crippen LogP contribution in [0.2, 0.25) is 0 Å². The number of aromatic nitrogens is 3. The minimum atomic E-state index is -0.249. The molecule has 0 fully saturated rings. The molecule has 1 amide bonds. The first-order valence-corrected chi connectivity index (χ1v) is 10.8. The van der Waals surface area contributed by atoms with Crippen molar-refractivity contribution in [3.05, 3.63) is 56.7 Å². The van der Waals surface area contributed by atoms with Crippen LogP contribution < -0.4 is 10.9 Å². The Balaban J connectivity index is 1.54. The smallest absolute Gasteiger partial charge is 0.279 e. The quantitative estimate of drug-likeness (QED) is 0.716. The molecule has 0 bridgehead atoms. The maximum Gasteiger partial charge on any atom is 0.279 e. The fourth-order valence-corrected chi connectivity index (χ4v) is 5.19. The number of aryl methyl sites for hydroxylation is 1. The zero-order valence-electron chi connectivity index (χ0n) is 17.1. The summed E-state index contributed by atoms with van der Waals surface area (Å²) in [5, 5.41) is 11.8. The molecule has 29 heavy (non-hydrogen) atoms. The Morgan fingerprint density at radius 3 is 2.76 bits per heavy atom. The van der Waals surface area contributed by atoms with Crippen molar-refractivity contribution in [1.82, 2.24) is 20.3 Å². The SMILES string of the molecule is CC(C)(C)[C@@H]1CCc2c(sc3nnn(CC(=O)NCc4ccccc4)c(=O)c23)C1. The third-order valence-electron chi connectivity index (χ3n) is 5.79. The maximum absolute atomic E-state index is 13.0. The predicted octanol–water partition coefficient (Wildman–Crippen LogP) is 3.32.